The first-order chi connectivity index (χ1) is 9.67. The van der Waals surface area contributed by atoms with Gasteiger partial charge in [-0.05, 0) is 0 Å². The fraction of sp³-hybridized carbons (Fsp3) is 0.500. The first-order valence-corrected chi connectivity index (χ1v) is 6.31. The molecule has 0 fully saturated rings. The summed E-state index contributed by atoms with van der Waals surface area (Å²) in [6.07, 6.45) is 2.07. The summed E-state index contributed by atoms with van der Waals surface area (Å²) in [5.41, 5.74) is 1.59. The van der Waals surface area contributed by atoms with E-state index in [9.17, 15) is 9.90 Å². The van der Waals surface area contributed by atoms with Gasteiger partial charge in [-0.15, -0.1) is 0 Å². The third kappa shape index (κ3) is 3.05. The molecule has 0 amide bonds. The summed E-state index contributed by atoms with van der Waals surface area (Å²) in [5.74, 6) is -0.443. The van der Waals surface area contributed by atoms with Gasteiger partial charge in [-0.1, -0.05) is 0 Å². The average Bonchev–Trinajstić information content (AvgIpc) is 2.87. The molecule has 2 aromatic heterocycles. The standard InChI is InChI=1S/C12H18N4O4/c17-4-8(9(19)5-18)2-13-1-7-3-14-11-10(7)15-6-16-12(11)20/h3,6,8-9,13-14,17-19H,1-2,4-5H2,(H,15,16,20)/t8?,9-/m0/s1. The highest BCUT2D eigenvalue weighted by Gasteiger charge is 2.17. The number of fused-ring (bicyclic) bond motifs is 1. The minimum Gasteiger partial charge on any atom is -0.396 e. The summed E-state index contributed by atoms with van der Waals surface area (Å²) < 4.78 is 0. The lowest BCUT2D eigenvalue weighted by atomic mass is 10.0. The van der Waals surface area contributed by atoms with Crippen molar-refractivity contribution in [2.45, 2.75) is 12.6 Å². The molecule has 0 aliphatic heterocycles. The molecular weight excluding hydrogens is 264 g/mol. The highest BCUT2D eigenvalue weighted by Crippen LogP contribution is 2.11. The lowest BCUT2D eigenvalue weighted by Crippen LogP contribution is -2.35. The van der Waals surface area contributed by atoms with Crippen molar-refractivity contribution in [2.75, 3.05) is 19.8 Å². The van der Waals surface area contributed by atoms with Gasteiger partial charge in [0.2, 0.25) is 0 Å². The molecule has 2 atom stereocenters. The predicted octanol–water partition coefficient (Wildman–Crippen LogP) is -1.70. The van der Waals surface area contributed by atoms with E-state index in [-0.39, 0.29) is 12.2 Å². The van der Waals surface area contributed by atoms with Crippen LogP contribution in [0.3, 0.4) is 0 Å². The van der Waals surface area contributed by atoms with Crippen molar-refractivity contribution in [3.05, 3.63) is 28.4 Å². The topological polar surface area (TPSA) is 134 Å². The zero-order chi connectivity index (χ0) is 14.5. The van der Waals surface area contributed by atoms with E-state index in [0.717, 1.165) is 5.56 Å². The van der Waals surface area contributed by atoms with Gasteiger partial charge < -0.3 is 30.6 Å². The Balaban J connectivity index is 2.00. The Bertz CT molecular complexity index is 609. The van der Waals surface area contributed by atoms with Gasteiger partial charge in [0.15, 0.2) is 0 Å². The minimum absolute atomic E-state index is 0.222. The first-order valence-electron chi connectivity index (χ1n) is 6.31. The number of aromatic nitrogens is 3. The van der Waals surface area contributed by atoms with Crippen molar-refractivity contribution in [3.63, 3.8) is 0 Å². The Hall–Kier alpha value is -1.74. The van der Waals surface area contributed by atoms with Gasteiger partial charge in [-0.3, -0.25) is 4.79 Å². The molecule has 2 rings (SSSR count). The van der Waals surface area contributed by atoms with Crippen LogP contribution in [-0.4, -0.2) is 56.1 Å². The van der Waals surface area contributed by atoms with Gasteiger partial charge in [0, 0.05) is 37.4 Å². The third-order valence-corrected chi connectivity index (χ3v) is 3.24. The van der Waals surface area contributed by atoms with Crippen molar-refractivity contribution in [1.29, 1.82) is 0 Å². The largest absolute Gasteiger partial charge is 0.396 e. The van der Waals surface area contributed by atoms with Crippen molar-refractivity contribution in [3.8, 4) is 0 Å². The summed E-state index contributed by atoms with van der Waals surface area (Å²) in [4.78, 5) is 21.0. The second-order valence-corrected chi connectivity index (χ2v) is 4.59. The molecular formula is C12H18N4O4. The number of aliphatic hydroxyl groups is 3. The number of rotatable bonds is 7. The smallest absolute Gasteiger partial charge is 0.275 e. The molecule has 0 aliphatic carbocycles. The molecule has 0 radical (unpaired) electrons. The highest BCUT2D eigenvalue weighted by atomic mass is 16.3. The zero-order valence-electron chi connectivity index (χ0n) is 10.8. The molecule has 0 spiro atoms. The van der Waals surface area contributed by atoms with Crippen molar-refractivity contribution < 1.29 is 15.3 Å². The minimum atomic E-state index is -0.962. The average molecular weight is 282 g/mol. The normalized spacial score (nSPS) is 14.6. The third-order valence-electron chi connectivity index (χ3n) is 3.24. The Morgan fingerprint density at radius 3 is 2.80 bits per heavy atom. The summed E-state index contributed by atoms with van der Waals surface area (Å²) in [6, 6.07) is 0. The van der Waals surface area contributed by atoms with Crippen LogP contribution in [0.15, 0.2) is 17.3 Å². The lowest BCUT2D eigenvalue weighted by Gasteiger charge is -2.19. The number of aliphatic hydroxyl groups excluding tert-OH is 3. The summed E-state index contributed by atoms with van der Waals surface area (Å²) in [5, 5.41) is 30.5. The lowest BCUT2D eigenvalue weighted by molar-refractivity contribution is 0.0228. The van der Waals surface area contributed by atoms with Crippen LogP contribution in [0.4, 0.5) is 0 Å². The van der Waals surface area contributed by atoms with Crippen molar-refractivity contribution >= 4 is 11.0 Å². The molecule has 0 bridgehead atoms. The molecule has 6 N–H and O–H groups in total. The van der Waals surface area contributed by atoms with E-state index < -0.39 is 18.6 Å². The summed E-state index contributed by atoms with van der Waals surface area (Å²) in [7, 11) is 0. The van der Waals surface area contributed by atoms with Crippen LogP contribution in [0.1, 0.15) is 5.56 Å². The Labute approximate surface area is 114 Å². The van der Waals surface area contributed by atoms with E-state index in [4.69, 9.17) is 10.2 Å². The van der Waals surface area contributed by atoms with E-state index in [1.54, 1.807) is 6.20 Å². The number of hydrogen-bond donors (Lipinski definition) is 6. The van der Waals surface area contributed by atoms with Crippen molar-refractivity contribution in [2.24, 2.45) is 5.92 Å². The second kappa shape index (κ2) is 6.62. The van der Waals surface area contributed by atoms with Crippen LogP contribution >= 0.6 is 0 Å². The van der Waals surface area contributed by atoms with Crippen LogP contribution in [0.2, 0.25) is 0 Å². The van der Waals surface area contributed by atoms with Crippen LogP contribution < -0.4 is 10.9 Å². The molecule has 1 unspecified atom stereocenters. The Morgan fingerprint density at radius 1 is 1.30 bits per heavy atom. The quantitative estimate of drug-likeness (QED) is 0.358. The van der Waals surface area contributed by atoms with Gasteiger partial charge in [-0.25, -0.2) is 4.98 Å². The van der Waals surface area contributed by atoms with E-state index in [2.05, 4.69) is 20.3 Å². The Kier molecular flexibility index (Phi) is 4.85. The summed E-state index contributed by atoms with van der Waals surface area (Å²) >= 11 is 0. The molecule has 8 heteroatoms. The molecule has 2 heterocycles. The van der Waals surface area contributed by atoms with E-state index in [1.165, 1.54) is 6.33 Å². The van der Waals surface area contributed by atoms with Crippen LogP contribution in [0.5, 0.6) is 0 Å². The fourth-order valence-electron chi connectivity index (χ4n) is 2.00. The maximum Gasteiger partial charge on any atom is 0.275 e. The predicted molar refractivity (Wildman–Crippen MR) is 72.1 cm³/mol. The van der Waals surface area contributed by atoms with E-state index in [1.807, 2.05) is 0 Å². The van der Waals surface area contributed by atoms with Gasteiger partial charge in [0.1, 0.15) is 5.52 Å². The molecule has 0 aromatic carbocycles. The zero-order valence-corrected chi connectivity index (χ0v) is 10.8. The van der Waals surface area contributed by atoms with Gasteiger partial charge in [0.25, 0.3) is 5.56 Å². The summed E-state index contributed by atoms with van der Waals surface area (Å²) in [6.45, 7) is 0.163. The number of nitrogens with zero attached hydrogens (tertiary/aromatic N) is 1. The van der Waals surface area contributed by atoms with E-state index in [0.29, 0.717) is 24.1 Å². The fourth-order valence-corrected chi connectivity index (χ4v) is 2.00. The second-order valence-electron chi connectivity index (χ2n) is 4.59. The number of aromatic amines is 2. The van der Waals surface area contributed by atoms with Crippen LogP contribution in [0, 0.1) is 5.92 Å². The van der Waals surface area contributed by atoms with Crippen LogP contribution in [0.25, 0.3) is 11.0 Å². The maximum atomic E-state index is 11.5. The van der Waals surface area contributed by atoms with E-state index >= 15 is 0 Å². The molecule has 8 nitrogen and oxygen atoms in total. The highest BCUT2D eigenvalue weighted by molar-refractivity contribution is 5.77. The molecule has 0 saturated carbocycles. The molecule has 0 aliphatic rings. The number of hydrogen-bond acceptors (Lipinski definition) is 6. The number of H-pyrrole nitrogens is 2. The SMILES string of the molecule is O=c1[nH]cnc2c(CNCC(CO)[C@@H](O)CO)c[nH]c12. The molecule has 20 heavy (non-hydrogen) atoms. The van der Waals surface area contributed by atoms with Gasteiger partial charge >= 0.3 is 0 Å². The van der Waals surface area contributed by atoms with Crippen molar-refractivity contribution in [1.82, 2.24) is 20.3 Å². The molecule has 0 saturated heterocycles. The van der Waals surface area contributed by atoms with Gasteiger partial charge in [0.05, 0.1) is 24.6 Å². The van der Waals surface area contributed by atoms with Gasteiger partial charge in [-0.2, -0.15) is 0 Å². The molecule has 2 aromatic rings. The maximum absolute atomic E-state index is 11.5. The number of nitrogens with one attached hydrogen (secondary N) is 3. The Morgan fingerprint density at radius 2 is 2.10 bits per heavy atom. The molecule has 110 valence electrons. The monoisotopic (exact) mass is 282 g/mol. The van der Waals surface area contributed by atoms with Crippen LogP contribution in [-0.2, 0) is 6.54 Å². The first kappa shape index (κ1) is 14.7.